The van der Waals surface area contributed by atoms with Crippen LogP contribution in [0.15, 0.2) is 9.64 Å². The highest BCUT2D eigenvalue weighted by Gasteiger charge is 2.05. The molecule has 1 amide bonds. The molecule has 1 rings (SSSR count). The van der Waals surface area contributed by atoms with Gasteiger partial charge in [-0.2, -0.15) is 0 Å². The van der Waals surface area contributed by atoms with Crippen LogP contribution in [0.1, 0.15) is 11.5 Å². The van der Waals surface area contributed by atoms with Gasteiger partial charge in [0.05, 0.1) is 5.69 Å². The average Bonchev–Trinajstić information content (AvgIpc) is 2.40. The zero-order valence-electron chi connectivity index (χ0n) is 7.99. The number of hydrogen-bond donors (Lipinski definition) is 1. The van der Waals surface area contributed by atoms with Crippen molar-refractivity contribution in [3.8, 4) is 0 Å². The average molecular weight is 215 g/mol. The van der Waals surface area contributed by atoms with Gasteiger partial charge in [0.25, 0.3) is 5.22 Å². The molecule has 0 aromatic carbocycles. The third-order valence-electron chi connectivity index (χ3n) is 1.61. The molecule has 0 bridgehead atoms. The molecule has 0 aliphatic heterocycles. The first-order valence-electron chi connectivity index (χ1n) is 4.11. The number of amides is 1. The maximum atomic E-state index is 10.00. The lowest BCUT2D eigenvalue weighted by Crippen LogP contribution is -2.22. The summed E-state index contributed by atoms with van der Waals surface area (Å²) in [6.07, 6.45) is -1.26. The summed E-state index contributed by atoms with van der Waals surface area (Å²) in [6, 6.07) is 0. The van der Waals surface area contributed by atoms with E-state index < -0.39 is 6.09 Å². The molecule has 0 unspecified atom stereocenters. The number of nitrogens with one attached hydrogen (secondary N) is 1. The van der Waals surface area contributed by atoms with E-state index in [1.54, 1.807) is 0 Å². The molecule has 14 heavy (non-hydrogen) atoms. The molecule has 6 heteroatoms. The number of oxazole rings is 1. The predicted molar refractivity (Wildman–Crippen MR) is 50.8 cm³/mol. The second-order valence-electron chi connectivity index (χ2n) is 2.68. The number of nitrogens with zero attached hydrogens (tertiary/aromatic N) is 1. The lowest BCUT2D eigenvalue weighted by atomic mass is 10.4. The molecule has 1 N–H and O–H groups in total. The van der Waals surface area contributed by atoms with Crippen molar-refractivity contribution in [3.05, 3.63) is 11.5 Å². The summed E-state index contributed by atoms with van der Waals surface area (Å²) in [5, 5.41) is 12.7. The van der Waals surface area contributed by atoms with Crippen LogP contribution in [0.5, 0.6) is 0 Å². The van der Waals surface area contributed by atoms with Gasteiger partial charge in [-0.25, -0.2) is 14.9 Å². The minimum atomic E-state index is -1.26. The van der Waals surface area contributed by atoms with Gasteiger partial charge in [0.2, 0.25) is 0 Å². The first kappa shape index (κ1) is 10.9. The van der Waals surface area contributed by atoms with Crippen LogP contribution in [0.3, 0.4) is 0 Å². The highest BCUT2D eigenvalue weighted by Crippen LogP contribution is 2.19. The zero-order chi connectivity index (χ0) is 10.6. The van der Waals surface area contributed by atoms with E-state index in [1.165, 1.54) is 11.8 Å². The van der Waals surface area contributed by atoms with Gasteiger partial charge < -0.3 is 9.73 Å². The van der Waals surface area contributed by atoms with E-state index in [0.29, 0.717) is 17.5 Å². The number of carbonyl (C=O) groups excluding carboxylic acids is 1. The highest BCUT2D eigenvalue weighted by molar-refractivity contribution is 7.99. The Morgan fingerprint density at radius 3 is 2.79 bits per heavy atom. The molecule has 1 radical (unpaired) electrons. The second kappa shape index (κ2) is 4.90. The summed E-state index contributed by atoms with van der Waals surface area (Å²) in [5.74, 6) is 1.37. The topological polar surface area (TPSA) is 75.0 Å². The molecule has 0 aliphatic rings. The highest BCUT2D eigenvalue weighted by atomic mass is 32.2. The van der Waals surface area contributed by atoms with Crippen LogP contribution in [0.25, 0.3) is 0 Å². The molecule has 5 nitrogen and oxygen atoms in total. The fourth-order valence-corrected chi connectivity index (χ4v) is 1.56. The number of carbonyl (C=O) groups is 1. The van der Waals surface area contributed by atoms with E-state index in [4.69, 9.17) is 4.42 Å². The van der Waals surface area contributed by atoms with Gasteiger partial charge in [-0.3, -0.25) is 0 Å². The second-order valence-corrected chi connectivity index (χ2v) is 3.73. The Bertz CT molecular complexity index is 305. The Kier molecular flexibility index (Phi) is 3.82. The third kappa shape index (κ3) is 3.29. The smallest absolute Gasteiger partial charge is 0.437 e. The standard InChI is InChI=1S/C8H11N2O3S/c1-5-6(2)13-8(10-5)14-4-3-9-7(11)12/h9H,3-4H2,1-2H3. The van der Waals surface area contributed by atoms with Crippen molar-refractivity contribution >= 4 is 17.9 Å². The maximum absolute atomic E-state index is 10.00. The Morgan fingerprint density at radius 1 is 1.57 bits per heavy atom. The molecule has 0 spiro atoms. The van der Waals surface area contributed by atoms with Crippen molar-refractivity contribution < 1.29 is 14.3 Å². The summed E-state index contributed by atoms with van der Waals surface area (Å²) in [6.45, 7) is 4.03. The summed E-state index contributed by atoms with van der Waals surface area (Å²) in [5.41, 5.74) is 0.861. The van der Waals surface area contributed by atoms with Crippen molar-refractivity contribution in [1.82, 2.24) is 10.3 Å². The summed E-state index contributed by atoms with van der Waals surface area (Å²) in [7, 11) is 0. The van der Waals surface area contributed by atoms with Gasteiger partial charge in [-0.15, -0.1) is 0 Å². The van der Waals surface area contributed by atoms with Crippen LogP contribution in [0.4, 0.5) is 4.79 Å². The number of hydrogen-bond acceptors (Lipinski definition) is 4. The molecule has 1 heterocycles. The molecule has 0 atom stereocenters. The summed E-state index contributed by atoms with van der Waals surface area (Å²) >= 11 is 1.37. The van der Waals surface area contributed by atoms with Crippen molar-refractivity contribution in [2.24, 2.45) is 0 Å². The lowest BCUT2D eigenvalue weighted by molar-refractivity contribution is 0.169. The van der Waals surface area contributed by atoms with Crippen LogP contribution in [-0.2, 0) is 5.11 Å². The fourth-order valence-electron chi connectivity index (χ4n) is 0.796. The van der Waals surface area contributed by atoms with Gasteiger partial charge >= 0.3 is 6.09 Å². The van der Waals surface area contributed by atoms with E-state index in [1.807, 2.05) is 13.8 Å². The lowest BCUT2D eigenvalue weighted by Gasteiger charge is -1.95. The number of aryl methyl sites for hydroxylation is 2. The van der Waals surface area contributed by atoms with Gasteiger partial charge in [-0.05, 0) is 13.8 Å². The minimum absolute atomic E-state index is 0.327. The van der Waals surface area contributed by atoms with Gasteiger partial charge in [0.1, 0.15) is 5.76 Å². The van der Waals surface area contributed by atoms with Gasteiger partial charge in [-0.1, -0.05) is 11.8 Å². The summed E-state index contributed by atoms with van der Waals surface area (Å²) in [4.78, 5) is 14.1. The van der Waals surface area contributed by atoms with Crippen molar-refractivity contribution in [1.29, 1.82) is 0 Å². The maximum Gasteiger partial charge on any atom is 0.450 e. The Hall–Kier alpha value is -1.17. The number of aromatic nitrogens is 1. The normalized spacial score (nSPS) is 10.1. The van der Waals surface area contributed by atoms with Gasteiger partial charge in [0, 0.05) is 12.3 Å². The Morgan fingerprint density at radius 2 is 2.29 bits per heavy atom. The molecule has 0 aliphatic carbocycles. The van der Waals surface area contributed by atoms with Crippen molar-refractivity contribution in [3.63, 3.8) is 0 Å². The molecule has 0 saturated carbocycles. The third-order valence-corrected chi connectivity index (χ3v) is 2.44. The van der Waals surface area contributed by atoms with Crippen LogP contribution in [-0.4, -0.2) is 23.4 Å². The largest absolute Gasteiger partial charge is 0.450 e. The Labute approximate surface area is 85.9 Å². The van der Waals surface area contributed by atoms with E-state index in [-0.39, 0.29) is 0 Å². The van der Waals surface area contributed by atoms with E-state index in [0.717, 1.165) is 11.5 Å². The molecular weight excluding hydrogens is 204 g/mol. The van der Waals surface area contributed by atoms with Crippen molar-refractivity contribution in [2.75, 3.05) is 12.3 Å². The molecule has 1 aromatic rings. The fraction of sp³-hybridized carbons (Fsp3) is 0.500. The van der Waals surface area contributed by atoms with Gasteiger partial charge in [0.15, 0.2) is 0 Å². The van der Waals surface area contributed by atoms with Crippen LogP contribution in [0, 0.1) is 13.8 Å². The Balaban J connectivity index is 2.28. The first-order chi connectivity index (χ1) is 6.59. The summed E-state index contributed by atoms with van der Waals surface area (Å²) < 4.78 is 5.28. The van der Waals surface area contributed by atoms with E-state index in [9.17, 15) is 9.90 Å². The van der Waals surface area contributed by atoms with Crippen LogP contribution >= 0.6 is 11.8 Å². The SMILES string of the molecule is Cc1nc(SCCNC([O])=O)oc1C. The quantitative estimate of drug-likeness (QED) is 0.610. The number of rotatable bonds is 4. The molecule has 0 fully saturated rings. The first-order valence-corrected chi connectivity index (χ1v) is 5.10. The van der Waals surface area contributed by atoms with E-state index in [2.05, 4.69) is 10.3 Å². The van der Waals surface area contributed by atoms with E-state index >= 15 is 0 Å². The molecule has 1 aromatic heterocycles. The minimum Gasteiger partial charge on any atom is -0.437 e. The molecular formula is C8H11N2O3S. The molecule has 77 valence electrons. The van der Waals surface area contributed by atoms with Crippen LogP contribution < -0.4 is 5.32 Å². The monoisotopic (exact) mass is 215 g/mol. The van der Waals surface area contributed by atoms with Crippen molar-refractivity contribution in [2.45, 2.75) is 19.1 Å². The van der Waals surface area contributed by atoms with Crippen LogP contribution in [0.2, 0.25) is 0 Å². The molecule has 0 saturated heterocycles. The predicted octanol–water partition coefficient (Wildman–Crippen LogP) is 1.52. The zero-order valence-corrected chi connectivity index (χ0v) is 8.81. The number of thioether (sulfide) groups is 1.